The van der Waals surface area contributed by atoms with Crippen LogP contribution in [-0.2, 0) is 9.59 Å². The van der Waals surface area contributed by atoms with E-state index in [1.807, 2.05) is 32.0 Å². The summed E-state index contributed by atoms with van der Waals surface area (Å²) in [5.41, 5.74) is 7.70. The van der Waals surface area contributed by atoms with Crippen LogP contribution >= 0.6 is 0 Å². The monoisotopic (exact) mass is 356 g/mol. The molecular formula is C20H21FN2O3. The first kappa shape index (κ1) is 17.9. The number of carbonyl (C=O) groups excluding carboxylic acids is 2. The number of benzene rings is 2. The van der Waals surface area contributed by atoms with E-state index in [-0.39, 0.29) is 30.2 Å². The molecular weight excluding hydrogens is 335 g/mol. The Kier molecular flexibility index (Phi) is 5.21. The van der Waals surface area contributed by atoms with Crippen LogP contribution in [-0.4, -0.2) is 18.4 Å². The lowest BCUT2D eigenvalue weighted by atomic mass is 10.1. The van der Waals surface area contributed by atoms with Gasteiger partial charge in [0.2, 0.25) is 5.91 Å². The molecule has 26 heavy (non-hydrogen) atoms. The van der Waals surface area contributed by atoms with Crippen molar-refractivity contribution in [2.45, 2.75) is 26.2 Å². The molecule has 0 aliphatic heterocycles. The number of amides is 2. The van der Waals surface area contributed by atoms with Crippen molar-refractivity contribution in [1.29, 1.82) is 0 Å². The smallest absolute Gasteiger partial charge is 0.276 e. The predicted molar refractivity (Wildman–Crippen MR) is 94.9 cm³/mol. The van der Waals surface area contributed by atoms with Crippen LogP contribution in [0.15, 0.2) is 42.5 Å². The lowest BCUT2D eigenvalue weighted by molar-refractivity contribution is -0.130. The summed E-state index contributed by atoms with van der Waals surface area (Å²) in [6, 6.07) is 11.9. The van der Waals surface area contributed by atoms with Crippen molar-refractivity contribution in [2.24, 2.45) is 5.92 Å². The van der Waals surface area contributed by atoms with Crippen LogP contribution in [0.5, 0.6) is 5.75 Å². The fourth-order valence-corrected chi connectivity index (χ4v) is 2.83. The van der Waals surface area contributed by atoms with Gasteiger partial charge >= 0.3 is 0 Å². The minimum absolute atomic E-state index is 0.0682. The maximum absolute atomic E-state index is 12.9. The van der Waals surface area contributed by atoms with E-state index in [0.717, 1.165) is 16.7 Å². The molecule has 5 nitrogen and oxygen atoms in total. The number of rotatable bonds is 5. The van der Waals surface area contributed by atoms with E-state index in [2.05, 4.69) is 10.9 Å². The standard InChI is InChI=1S/C20H21FN2O3/c1-12-3-4-13(2)18(9-12)26-11-19(24)22-23-20(25)17-10-16(17)14-5-7-15(21)8-6-14/h3-9,16-17H,10-11H2,1-2H3,(H,22,24)(H,23,25). The molecule has 0 heterocycles. The van der Waals surface area contributed by atoms with E-state index in [9.17, 15) is 14.0 Å². The van der Waals surface area contributed by atoms with Gasteiger partial charge in [-0.15, -0.1) is 0 Å². The van der Waals surface area contributed by atoms with Crippen LogP contribution in [0.4, 0.5) is 4.39 Å². The summed E-state index contributed by atoms with van der Waals surface area (Å²) in [5, 5.41) is 0. The van der Waals surface area contributed by atoms with E-state index in [1.54, 1.807) is 12.1 Å². The molecule has 0 spiro atoms. The average molecular weight is 356 g/mol. The largest absolute Gasteiger partial charge is 0.483 e. The highest BCUT2D eigenvalue weighted by atomic mass is 19.1. The predicted octanol–water partition coefficient (Wildman–Crippen LogP) is 2.77. The number of hydrazine groups is 1. The van der Waals surface area contributed by atoms with Gasteiger partial charge < -0.3 is 4.74 Å². The molecule has 2 amide bonds. The van der Waals surface area contributed by atoms with Gasteiger partial charge in [0.15, 0.2) is 6.61 Å². The summed E-state index contributed by atoms with van der Waals surface area (Å²) < 4.78 is 18.4. The average Bonchev–Trinajstić information content (AvgIpc) is 3.42. The van der Waals surface area contributed by atoms with Crippen LogP contribution in [0, 0.1) is 25.6 Å². The molecule has 1 saturated carbocycles. The zero-order chi connectivity index (χ0) is 18.7. The van der Waals surface area contributed by atoms with Gasteiger partial charge in [-0.25, -0.2) is 4.39 Å². The van der Waals surface area contributed by atoms with E-state index in [0.29, 0.717) is 12.2 Å². The Balaban J connectivity index is 1.43. The number of carbonyl (C=O) groups is 2. The van der Waals surface area contributed by atoms with E-state index < -0.39 is 5.91 Å². The summed E-state index contributed by atoms with van der Waals surface area (Å²) in [7, 11) is 0. The molecule has 136 valence electrons. The maximum Gasteiger partial charge on any atom is 0.276 e. The minimum Gasteiger partial charge on any atom is -0.483 e. The lowest BCUT2D eigenvalue weighted by Crippen LogP contribution is -2.44. The van der Waals surface area contributed by atoms with Crippen molar-refractivity contribution >= 4 is 11.8 Å². The Bertz CT molecular complexity index is 820. The highest BCUT2D eigenvalue weighted by molar-refractivity contribution is 5.86. The Morgan fingerprint density at radius 1 is 1.12 bits per heavy atom. The second-order valence-corrected chi connectivity index (χ2v) is 6.60. The summed E-state index contributed by atoms with van der Waals surface area (Å²) >= 11 is 0. The first-order valence-electron chi connectivity index (χ1n) is 8.48. The van der Waals surface area contributed by atoms with Crippen LogP contribution in [0.1, 0.15) is 29.0 Å². The topological polar surface area (TPSA) is 67.4 Å². The van der Waals surface area contributed by atoms with Gasteiger partial charge in [-0.1, -0.05) is 24.3 Å². The number of ether oxygens (including phenoxy) is 1. The molecule has 2 aromatic rings. The van der Waals surface area contributed by atoms with Crippen LogP contribution in [0.2, 0.25) is 0 Å². The van der Waals surface area contributed by atoms with E-state index >= 15 is 0 Å². The SMILES string of the molecule is Cc1ccc(C)c(OCC(=O)NNC(=O)C2CC2c2ccc(F)cc2)c1. The quantitative estimate of drug-likeness (QED) is 0.810. The molecule has 0 radical (unpaired) electrons. The fourth-order valence-electron chi connectivity index (χ4n) is 2.83. The van der Waals surface area contributed by atoms with Gasteiger partial charge in [-0.3, -0.25) is 20.4 Å². The third-order valence-corrected chi connectivity index (χ3v) is 4.45. The normalized spacial score (nSPS) is 18.1. The van der Waals surface area contributed by atoms with Crippen LogP contribution in [0.25, 0.3) is 0 Å². The Labute approximate surface area is 151 Å². The zero-order valence-corrected chi connectivity index (χ0v) is 14.7. The summed E-state index contributed by atoms with van der Waals surface area (Å²) in [4.78, 5) is 23.9. The van der Waals surface area contributed by atoms with Crippen molar-refractivity contribution in [2.75, 3.05) is 6.61 Å². The lowest BCUT2D eigenvalue weighted by Gasteiger charge is -2.11. The number of halogens is 1. The molecule has 2 unspecified atom stereocenters. The molecule has 0 bridgehead atoms. The number of hydrogen-bond acceptors (Lipinski definition) is 3. The molecule has 1 aliphatic carbocycles. The van der Waals surface area contributed by atoms with Gasteiger partial charge in [0.25, 0.3) is 5.91 Å². The molecule has 2 N–H and O–H groups in total. The molecule has 2 atom stereocenters. The third kappa shape index (κ3) is 4.39. The van der Waals surface area contributed by atoms with Crippen molar-refractivity contribution < 1.29 is 18.7 Å². The number of hydrogen-bond donors (Lipinski definition) is 2. The summed E-state index contributed by atoms with van der Waals surface area (Å²) in [5.74, 6) is -0.478. The third-order valence-electron chi connectivity index (χ3n) is 4.45. The molecule has 2 aromatic carbocycles. The molecule has 1 fully saturated rings. The van der Waals surface area contributed by atoms with Gasteiger partial charge in [-0.2, -0.15) is 0 Å². The van der Waals surface area contributed by atoms with Crippen molar-refractivity contribution in [3.05, 3.63) is 65.0 Å². The minimum atomic E-state index is -0.432. The maximum atomic E-state index is 12.9. The molecule has 3 rings (SSSR count). The van der Waals surface area contributed by atoms with Crippen molar-refractivity contribution in [3.8, 4) is 5.75 Å². The van der Waals surface area contributed by atoms with E-state index in [1.165, 1.54) is 12.1 Å². The Morgan fingerprint density at radius 3 is 2.58 bits per heavy atom. The van der Waals surface area contributed by atoms with Gasteiger partial charge in [0.05, 0.1) is 0 Å². The molecule has 6 heteroatoms. The Hall–Kier alpha value is -2.89. The highest BCUT2D eigenvalue weighted by Crippen LogP contribution is 2.47. The zero-order valence-electron chi connectivity index (χ0n) is 14.7. The van der Waals surface area contributed by atoms with E-state index in [4.69, 9.17) is 4.74 Å². The van der Waals surface area contributed by atoms with Gasteiger partial charge in [-0.05, 0) is 61.1 Å². The summed E-state index contributed by atoms with van der Waals surface area (Å²) in [6.45, 7) is 3.66. The fraction of sp³-hybridized carbons (Fsp3) is 0.300. The number of aryl methyl sites for hydroxylation is 2. The Morgan fingerprint density at radius 2 is 1.85 bits per heavy atom. The molecule has 1 aliphatic rings. The van der Waals surface area contributed by atoms with Gasteiger partial charge in [0.1, 0.15) is 11.6 Å². The molecule has 0 aromatic heterocycles. The van der Waals surface area contributed by atoms with Gasteiger partial charge in [0, 0.05) is 5.92 Å². The van der Waals surface area contributed by atoms with Crippen molar-refractivity contribution in [3.63, 3.8) is 0 Å². The second kappa shape index (κ2) is 7.56. The van der Waals surface area contributed by atoms with Crippen LogP contribution in [0.3, 0.4) is 0 Å². The highest BCUT2D eigenvalue weighted by Gasteiger charge is 2.44. The first-order valence-corrected chi connectivity index (χ1v) is 8.48. The number of nitrogens with one attached hydrogen (secondary N) is 2. The summed E-state index contributed by atoms with van der Waals surface area (Å²) in [6.07, 6.45) is 0.687. The van der Waals surface area contributed by atoms with Crippen LogP contribution < -0.4 is 15.6 Å². The second-order valence-electron chi connectivity index (χ2n) is 6.60. The van der Waals surface area contributed by atoms with Crippen molar-refractivity contribution in [1.82, 2.24) is 10.9 Å². The molecule has 0 saturated heterocycles. The first-order chi connectivity index (χ1) is 12.4.